The van der Waals surface area contributed by atoms with E-state index in [2.05, 4.69) is 39.0 Å². The summed E-state index contributed by atoms with van der Waals surface area (Å²) in [6.45, 7) is 4.27. The van der Waals surface area contributed by atoms with Gasteiger partial charge >= 0.3 is 6.03 Å². The third-order valence-corrected chi connectivity index (χ3v) is 8.43. The minimum atomic E-state index is -2.57. The molecule has 9 heteroatoms. The van der Waals surface area contributed by atoms with Crippen molar-refractivity contribution in [3.63, 3.8) is 0 Å². The fraction of sp³-hybridized carbons (Fsp3) is 0.571. The van der Waals surface area contributed by atoms with E-state index in [4.69, 9.17) is 0 Å². The first-order valence-corrected chi connectivity index (χ1v) is 13.5. The van der Waals surface area contributed by atoms with Crippen molar-refractivity contribution in [3.05, 3.63) is 59.3 Å². The monoisotopic (exact) mass is 511 g/mol. The second kappa shape index (κ2) is 9.83. The van der Waals surface area contributed by atoms with Crippen molar-refractivity contribution >= 4 is 11.8 Å². The number of β-amino-alcohol motifs (C(OH)–C–C–N with tert-alkyl or cyclic N) is 1. The largest absolute Gasteiger partial charge is 0.390 e. The van der Waals surface area contributed by atoms with Crippen molar-refractivity contribution in [2.45, 2.75) is 69.3 Å². The number of halogens is 2. The predicted octanol–water partition coefficient (Wildman–Crippen LogP) is 3.50. The zero-order valence-electron chi connectivity index (χ0n) is 21.1. The minimum absolute atomic E-state index is 0.0663. The van der Waals surface area contributed by atoms with Crippen LogP contribution < -0.4 is 4.90 Å². The van der Waals surface area contributed by atoms with Gasteiger partial charge in [0, 0.05) is 76.9 Å². The summed E-state index contributed by atoms with van der Waals surface area (Å²) >= 11 is 0. The van der Waals surface area contributed by atoms with Crippen LogP contribution in [0.25, 0.3) is 0 Å². The van der Waals surface area contributed by atoms with E-state index < -0.39 is 12.0 Å². The summed E-state index contributed by atoms with van der Waals surface area (Å²) in [6.07, 6.45) is 3.54. The van der Waals surface area contributed by atoms with Crippen LogP contribution in [0.5, 0.6) is 0 Å². The fourth-order valence-electron chi connectivity index (χ4n) is 6.66. The van der Waals surface area contributed by atoms with Gasteiger partial charge in [-0.05, 0) is 42.0 Å². The van der Waals surface area contributed by atoms with Crippen LogP contribution in [0, 0.1) is 0 Å². The minimum Gasteiger partial charge on any atom is -0.390 e. The number of urea groups is 1. The Kier molecular flexibility index (Phi) is 6.52. The average Bonchev–Trinajstić information content (AvgIpc) is 3.36. The van der Waals surface area contributed by atoms with Crippen molar-refractivity contribution in [1.29, 1.82) is 0 Å². The Morgan fingerprint density at radius 2 is 1.70 bits per heavy atom. The van der Waals surface area contributed by atoms with Gasteiger partial charge in [-0.15, -0.1) is 0 Å². The topological polar surface area (TPSA) is 63.2 Å². The second-order valence-electron chi connectivity index (χ2n) is 11.1. The Morgan fingerprint density at radius 3 is 2.43 bits per heavy atom. The molecule has 5 heterocycles. The lowest BCUT2D eigenvalue weighted by Gasteiger charge is -2.39. The molecule has 4 aliphatic rings. The van der Waals surface area contributed by atoms with E-state index in [1.165, 1.54) is 11.1 Å². The van der Waals surface area contributed by atoms with Gasteiger partial charge in [0.1, 0.15) is 5.82 Å². The van der Waals surface area contributed by atoms with Gasteiger partial charge < -0.3 is 19.8 Å². The summed E-state index contributed by atoms with van der Waals surface area (Å²) in [4.78, 5) is 25.4. The highest BCUT2D eigenvalue weighted by atomic mass is 19.3. The number of alkyl halides is 2. The highest BCUT2D eigenvalue weighted by Gasteiger charge is 2.49. The predicted molar refractivity (Wildman–Crippen MR) is 137 cm³/mol. The van der Waals surface area contributed by atoms with Gasteiger partial charge in [-0.25, -0.2) is 18.6 Å². The number of pyridine rings is 1. The molecule has 1 N–H and O–H groups in total. The number of nitrogens with zero attached hydrogens (tertiary/aromatic N) is 5. The zero-order chi connectivity index (χ0) is 25.6. The highest BCUT2D eigenvalue weighted by Crippen LogP contribution is 2.45. The lowest BCUT2D eigenvalue weighted by molar-refractivity contribution is -0.0359. The first-order valence-electron chi connectivity index (χ1n) is 13.5. The van der Waals surface area contributed by atoms with Gasteiger partial charge in [0.05, 0.1) is 6.10 Å². The molecule has 1 aromatic carbocycles. The van der Waals surface area contributed by atoms with E-state index in [9.17, 15) is 18.7 Å². The van der Waals surface area contributed by atoms with Gasteiger partial charge in [0.25, 0.3) is 5.92 Å². The summed E-state index contributed by atoms with van der Waals surface area (Å²) < 4.78 is 27.9. The van der Waals surface area contributed by atoms with E-state index in [-0.39, 0.29) is 31.0 Å². The molecule has 2 unspecified atom stereocenters. The molecule has 198 valence electrons. The van der Waals surface area contributed by atoms with Gasteiger partial charge in [0.15, 0.2) is 0 Å². The van der Waals surface area contributed by atoms with Crippen molar-refractivity contribution in [3.8, 4) is 0 Å². The van der Waals surface area contributed by atoms with E-state index in [0.717, 1.165) is 43.7 Å². The number of rotatable bonds is 7. The second-order valence-corrected chi connectivity index (χ2v) is 11.1. The molecule has 3 saturated heterocycles. The number of aromatic nitrogens is 1. The number of fused-ring (bicyclic) bond motifs is 3. The van der Waals surface area contributed by atoms with Crippen molar-refractivity contribution in [2.24, 2.45) is 0 Å². The van der Waals surface area contributed by atoms with Crippen LogP contribution in [0.2, 0.25) is 0 Å². The molecule has 6 rings (SSSR count). The molecule has 0 aliphatic carbocycles. The quantitative estimate of drug-likeness (QED) is 0.617. The molecule has 2 bridgehead atoms. The number of amides is 2. The Balaban J connectivity index is 1.00. The molecule has 0 spiro atoms. The molecule has 1 aromatic heterocycles. The van der Waals surface area contributed by atoms with E-state index in [1.807, 2.05) is 12.1 Å². The molecule has 0 saturated carbocycles. The Bertz CT molecular complexity index is 1110. The fourth-order valence-corrected chi connectivity index (χ4v) is 6.66. The molecule has 3 atom stereocenters. The number of benzene rings is 1. The summed E-state index contributed by atoms with van der Waals surface area (Å²) in [6, 6.07) is 11.9. The number of carbonyl (C=O) groups excluding carboxylic acids is 1. The number of hydrogen-bond acceptors (Lipinski definition) is 5. The lowest BCUT2D eigenvalue weighted by Crippen LogP contribution is -2.47. The maximum atomic E-state index is 13.9. The van der Waals surface area contributed by atoms with Crippen LogP contribution in [0.4, 0.5) is 19.4 Å². The summed E-state index contributed by atoms with van der Waals surface area (Å²) in [5.74, 6) is -1.82. The van der Waals surface area contributed by atoms with Crippen molar-refractivity contribution < 1.29 is 18.7 Å². The van der Waals surface area contributed by atoms with Gasteiger partial charge in [-0.2, -0.15) is 0 Å². The third-order valence-electron chi connectivity index (χ3n) is 8.43. The SMILES string of the molecule is O=C1N(Cc2ccc(N3C4CCC3CC(F)(F)C4)nc2)CCN1C[C@H](O)CN1CCc2ccccc2C1. The van der Waals surface area contributed by atoms with Gasteiger partial charge in [-0.1, -0.05) is 30.3 Å². The van der Waals surface area contributed by atoms with E-state index in [0.29, 0.717) is 32.7 Å². The third kappa shape index (κ3) is 5.16. The van der Waals surface area contributed by atoms with Crippen LogP contribution in [0.1, 0.15) is 42.4 Å². The van der Waals surface area contributed by atoms with E-state index in [1.54, 1.807) is 16.0 Å². The van der Waals surface area contributed by atoms with Gasteiger partial charge in [0.2, 0.25) is 0 Å². The lowest BCUT2D eigenvalue weighted by atomic mass is 9.99. The molecule has 0 radical (unpaired) electrons. The standard InChI is InChI=1S/C28H35F2N5O2/c29-28(30)13-23-6-7-24(14-28)35(23)26-8-5-20(15-31-26)16-33-11-12-34(27(33)37)19-25(36)18-32-10-9-21-3-1-2-4-22(21)17-32/h1-5,8,15,23-25,36H,6-7,9-14,16-19H2/t23?,24?,25-/m1/s1. The molecule has 3 fully saturated rings. The van der Waals surface area contributed by atoms with Gasteiger partial charge in [-0.3, -0.25) is 4.90 Å². The maximum absolute atomic E-state index is 13.9. The summed E-state index contributed by atoms with van der Waals surface area (Å²) in [5, 5.41) is 10.7. The number of carbonyl (C=O) groups is 1. The normalized spacial score (nSPS) is 26.0. The Hall–Kier alpha value is -2.78. The average molecular weight is 512 g/mol. The number of aliphatic hydroxyl groups excluding tert-OH is 1. The van der Waals surface area contributed by atoms with Crippen LogP contribution in [-0.4, -0.2) is 87.7 Å². The van der Waals surface area contributed by atoms with Crippen LogP contribution in [0.15, 0.2) is 42.6 Å². The summed E-state index contributed by atoms with van der Waals surface area (Å²) in [5.41, 5.74) is 3.61. The van der Waals surface area contributed by atoms with Crippen molar-refractivity contribution in [2.75, 3.05) is 37.6 Å². The number of anilines is 1. The van der Waals surface area contributed by atoms with E-state index >= 15 is 0 Å². The first kappa shape index (κ1) is 24.6. The highest BCUT2D eigenvalue weighted by molar-refractivity contribution is 5.76. The molecular weight excluding hydrogens is 476 g/mol. The van der Waals surface area contributed by atoms with Crippen LogP contribution in [0.3, 0.4) is 0 Å². The molecule has 4 aliphatic heterocycles. The molecule has 7 nitrogen and oxygen atoms in total. The zero-order valence-corrected chi connectivity index (χ0v) is 21.1. The number of hydrogen-bond donors (Lipinski definition) is 1. The van der Waals surface area contributed by atoms with Crippen LogP contribution in [-0.2, 0) is 19.5 Å². The van der Waals surface area contributed by atoms with Crippen LogP contribution >= 0.6 is 0 Å². The molecule has 2 amide bonds. The molecule has 37 heavy (non-hydrogen) atoms. The first-order chi connectivity index (χ1) is 17.8. The molecular formula is C28H35F2N5O2. The summed E-state index contributed by atoms with van der Waals surface area (Å²) in [7, 11) is 0. The Morgan fingerprint density at radius 1 is 0.973 bits per heavy atom. The maximum Gasteiger partial charge on any atom is 0.320 e. The number of aliphatic hydroxyl groups is 1. The Labute approximate surface area is 216 Å². The molecule has 2 aromatic rings. The van der Waals surface area contributed by atoms with Crippen molar-refractivity contribution in [1.82, 2.24) is 19.7 Å². The smallest absolute Gasteiger partial charge is 0.320 e. The number of piperidine rings is 1.